The van der Waals surface area contributed by atoms with E-state index in [1.165, 1.54) is 4.90 Å². The Kier molecular flexibility index (Phi) is 12.4. The van der Waals surface area contributed by atoms with E-state index in [0.717, 1.165) is 22.0 Å². The Morgan fingerprint density at radius 3 is 2.23 bits per heavy atom. The molecule has 0 spiro atoms. The van der Waals surface area contributed by atoms with E-state index in [1.54, 1.807) is 6.20 Å². The molecule has 0 radical (unpaired) electrons. The molecule has 0 saturated carbocycles. The monoisotopic (exact) mass is 664 g/mol. The summed E-state index contributed by atoms with van der Waals surface area (Å²) in [4.78, 5) is 70.2. The highest BCUT2D eigenvalue weighted by atomic mass is 32.1. The van der Waals surface area contributed by atoms with Gasteiger partial charge in [0, 0.05) is 35.8 Å². The molecule has 2 aromatic carbocycles. The van der Waals surface area contributed by atoms with Crippen LogP contribution in [-0.2, 0) is 36.8 Å². The lowest BCUT2D eigenvalue weighted by Gasteiger charge is -2.30. The Bertz CT molecular complexity index is 1560. The maximum atomic E-state index is 13.8. The molecule has 1 saturated heterocycles. The van der Waals surface area contributed by atoms with E-state index in [-0.39, 0.29) is 37.5 Å². The van der Waals surface area contributed by atoms with Gasteiger partial charge in [-0.15, -0.1) is 0 Å². The second-order valence-electron chi connectivity index (χ2n) is 12.4. The molecular weight excluding hydrogens is 620 g/mol. The largest absolute Gasteiger partial charge is 0.480 e. The smallest absolute Gasteiger partial charge is 0.326 e. The van der Waals surface area contributed by atoms with Crippen molar-refractivity contribution in [1.29, 1.82) is 0 Å². The average molecular weight is 665 g/mol. The van der Waals surface area contributed by atoms with Crippen molar-refractivity contribution >= 4 is 53.1 Å². The number of carbonyl (C=O) groups is 5. The molecule has 1 aromatic heterocycles. The Morgan fingerprint density at radius 1 is 0.915 bits per heavy atom. The average Bonchev–Trinajstić information content (AvgIpc) is 3.71. The predicted octanol–water partition coefficient (Wildman–Crippen LogP) is 1.79. The van der Waals surface area contributed by atoms with E-state index in [9.17, 15) is 29.1 Å². The molecule has 252 valence electrons. The number of carboxylic acids is 1. The molecule has 0 aliphatic carbocycles. The number of hydrogen-bond acceptors (Lipinski definition) is 7. The molecule has 4 rings (SSSR count). The number of aliphatic carboxylic acids is 1. The molecule has 4 amide bonds. The van der Waals surface area contributed by atoms with Gasteiger partial charge in [-0.3, -0.25) is 19.2 Å². The number of aromatic amines is 1. The fraction of sp³-hybridized carbons (Fsp3) is 0.441. The number of nitrogens with zero attached hydrogens (tertiary/aromatic N) is 1. The van der Waals surface area contributed by atoms with E-state index < -0.39 is 59.8 Å². The van der Waals surface area contributed by atoms with Gasteiger partial charge in [0.15, 0.2) is 0 Å². The van der Waals surface area contributed by atoms with Crippen LogP contribution in [0.1, 0.15) is 44.2 Å². The third kappa shape index (κ3) is 9.35. The maximum absolute atomic E-state index is 13.8. The fourth-order valence-corrected chi connectivity index (χ4v) is 6.14. The molecule has 13 heteroatoms. The maximum Gasteiger partial charge on any atom is 0.326 e. The van der Waals surface area contributed by atoms with Gasteiger partial charge in [0.25, 0.3) is 0 Å². The minimum atomic E-state index is -1.11. The summed E-state index contributed by atoms with van der Waals surface area (Å²) in [5, 5.41) is 18.8. The number of likely N-dealkylation sites (tertiary alicyclic amines) is 1. The van der Waals surface area contributed by atoms with Gasteiger partial charge in [0.2, 0.25) is 23.6 Å². The number of nitrogens with two attached hydrogens (primary N) is 1. The zero-order valence-corrected chi connectivity index (χ0v) is 27.5. The standard InChI is InChI=1S/C34H44N6O6S/c1-20(2)15-27(33(44)40-14-8-13-29(40)34(45)46)38-31(42)26(16-21-9-4-3-5-10-21)37-32(43)28(19-47)39-30(41)24(35)17-22-18-36-25-12-7-6-11-23(22)25/h3-7,9-12,18,20,24,26-29,36,47H,8,13-17,19,35H2,1-2H3,(H,37,43)(H,38,42)(H,39,41)(H,45,46)/t24-,26-,27-,28-,29-/m0/s1. The normalized spacial score (nSPS) is 17.1. The van der Waals surface area contributed by atoms with Gasteiger partial charge in [-0.2, -0.15) is 12.6 Å². The Balaban J connectivity index is 1.47. The van der Waals surface area contributed by atoms with Crippen molar-refractivity contribution in [3.8, 4) is 0 Å². The number of hydrogen-bond donors (Lipinski definition) is 7. The van der Waals surface area contributed by atoms with Crippen LogP contribution >= 0.6 is 12.6 Å². The number of carboxylic acid groups (broad SMARTS) is 1. The lowest BCUT2D eigenvalue weighted by Crippen LogP contribution is -2.59. The molecule has 12 nitrogen and oxygen atoms in total. The van der Waals surface area contributed by atoms with E-state index in [0.29, 0.717) is 12.8 Å². The van der Waals surface area contributed by atoms with Crippen molar-refractivity contribution in [2.75, 3.05) is 12.3 Å². The number of rotatable bonds is 15. The molecule has 0 bridgehead atoms. The molecule has 1 aliphatic rings. The van der Waals surface area contributed by atoms with Gasteiger partial charge in [0.05, 0.1) is 6.04 Å². The lowest BCUT2D eigenvalue weighted by molar-refractivity contribution is -0.149. The quantitative estimate of drug-likeness (QED) is 0.121. The second-order valence-corrected chi connectivity index (χ2v) is 12.7. The summed E-state index contributed by atoms with van der Waals surface area (Å²) in [5.41, 5.74) is 8.79. The van der Waals surface area contributed by atoms with Crippen LogP contribution in [-0.4, -0.2) is 87.1 Å². The minimum Gasteiger partial charge on any atom is -0.480 e. The number of fused-ring (bicyclic) bond motifs is 1. The molecular formula is C34H44N6O6S. The fourth-order valence-electron chi connectivity index (χ4n) is 5.89. The first kappa shape index (κ1) is 35.5. The summed E-state index contributed by atoms with van der Waals surface area (Å²) in [5.74, 6) is -3.39. The van der Waals surface area contributed by atoms with Crippen LogP contribution in [0, 0.1) is 5.92 Å². The van der Waals surface area contributed by atoms with Crippen LogP contribution in [0.15, 0.2) is 60.8 Å². The Hall–Kier alpha value is -4.36. The van der Waals surface area contributed by atoms with Crippen molar-refractivity contribution in [3.05, 3.63) is 71.9 Å². The first-order valence-electron chi connectivity index (χ1n) is 15.9. The Labute approximate surface area is 279 Å². The van der Waals surface area contributed by atoms with E-state index in [2.05, 4.69) is 33.6 Å². The summed E-state index contributed by atoms with van der Waals surface area (Å²) in [6.45, 7) is 4.09. The highest BCUT2D eigenvalue weighted by molar-refractivity contribution is 7.80. The van der Waals surface area contributed by atoms with Crippen LogP contribution in [0.2, 0.25) is 0 Å². The third-order valence-corrected chi connectivity index (χ3v) is 8.69. The van der Waals surface area contributed by atoms with Crippen molar-refractivity contribution in [2.45, 2.75) is 76.2 Å². The molecule has 5 atom stereocenters. The number of benzene rings is 2. The number of carbonyl (C=O) groups excluding carboxylic acids is 4. The molecule has 3 aromatic rings. The molecule has 0 unspecified atom stereocenters. The number of H-pyrrole nitrogens is 1. The third-order valence-electron chi connectivity index (χ3n) is 8.33. The molecule has 1 fully saturated rings. The van der Waals surface area contributed by atoms with Crippen LogP contribution in [0.3, 0.4) is 0 Å². The van der Waals surface area contributed by atoms with Crippen molar-refractivity contribution in [2.24, 2.45) is 11.7 Å². The van der Waals surface area contributed by atoms with Crippen LogP contribution in [0.25, 0.3) is 10.9 Å². The number of thiol groups is 1. The summed E-state index contributed by atoms with van der Waals surface area (Å²) in [6, 6.07) is 11.6. The van der Waals surface area contributed by atoms with Gasteiger partial charge in [-0.1, -0.05) is 62.4 Å². The molecule has 47 heavy (non-hydrogen) atoms. The minimum absolute atomic E-state index is 0.00883. The summed E-state index contributed by atoms with van der Waals surface area (Å²) >= 11 is 4.28. The van der Waals surface area contributed by atoms with Crippen molar-refractivity contribution in [1.82, 2.24) is 25.8 Å². The Morgan fingerprint density at radius 2 is 1.55 bits per heavy atom. The SMILES string of the molecule is CC(C)C[C@H](NC(=O)[C@H](Cc1ccccc1)NC(=O)[C@H](CS)NC(=O)[C@@H](N)Cc1c[nH]c2ccccc12)C(=O)N1CCC[C@H]1C(=O)O. The van der Waals surface area contributed by atoms with E-state index >= 15 is 0 Å². The first-order valence-corrected chi connectivity index (χ1v) is 16.5. The predicted molar refractivity (Wildman–Crippen MR) is 182 cm³/mol. The molecule has 2 heterocycles. The molecule has 1 aliphatic heterocycles. The second kappa shape index (κ2) is 16.5. The summed E-state index contributed by atoms with van der Waals surface area (Å²) in [6.07, 6.45) is 3.33. The zero-order chi connectivity index (χ0) is 34.1. The van der Waals surface area contributed by atoms with Gasteiger partial charge < -0.3 is 36.7 Å². The van der Waals surface area contributed by atoms with Gasteiger partial charge in [-0.05, 0) is 48.8 Å². The number of aromatic nitrogens is 1. The van der Waals surface area contributed by atoms with Crippen molar-refractivity contribution in [3.63, 3.8) is 0 Å². The lowest BCUT2D eigenvalue weighted by atomic mass is 10.00. The summed E-state index contributed by atoms with van der Waals surface area (Å²) in [7, 11) is 0. The van der Waals surface area contributed by atoms with Gasteiger partial charge in [-0.25, -0.2) is 4.79 Å². The summed E-state index contributed by atoms with van der Waals surface area (Å²) < 4.78 is 0. The highest BCUT2D eigenvalue weighted by Gasteiger charge is 2.39. The van der Waals surface area contributed by atoms with Gasteiger partial charge >= 0.3 is 5.97 Å². The van der Waals surface area contributed by atoms with Gasteiger partial charge in [0.1, 0.15) is 24.2 Å². The van der Waals surface area contributed by atoms with Crippen molar-refractivity contribution < 1.29 is 29.1 Å². The first-order chi connectivity index (χ1) is 22.5. The van der Waals surface area contributed by atoms with Crippen LogP contribution in [0.4, 0.5) is 0 Å². The molecule has 7 N–H and O–H groups in total. The van der Waals surface area contributed by atoms with E-state index in [1.807, 2.05) is 68.4 Å². The number of para-hydroxylation sites is 1. The topological polar surface area (TPSA) is 187 Å². The highest BCUT2D eigenvalue weighted by Crippen LogP contribution is 2.21. The number of nitrogens with one attached hydrogen (secondary N) is 4. The zero-order valence-electron chi connectivity index (χ0n) is 26.6. The van der Waals surface area contributed by atoms with Crippen LogP contribution in [0.5, 0.6) is 0 Å². The van der Waals surface area contributed by atoms with E-state index in [4.69, 9.17) is 5.73 Å². The van der Waals surface area contributed by atoms with Crippen LogP contribution < -0.4 is 21.7 Å². The number of amides is 4.